The van der Waals surface area contributed by atoms with Crippen LogP contribution in [0.1, 0.15) is 18.2 Å². The number of hydrogen-bond acceptors (Lipinski definition) is 3. The van der Waals surface area contributed by atoms with Crippen LogP contribution in [0.15, 0.2) is 22.7 Å². The first-order chi connectivity index (χ1) is 8.52. The molecule has 0 bridgehead atoms. The lowest BCUT2D eigenvalue weighted by atomic mass is 10.1. The van der Waals surface area contributed by atoms with E-state index in [9.17, 15) is 4.39 Å². The summed E-state index contributed by atoms with van der Waals surface area (Å²) in [5.74, 6) is 0.531. The second-order valence-corrected chi connectivity index (χ2v) is 4.80. The molecule has 0 amide bonds. The molecule has 0 unspecified atom stereocenters. The summed E-state index contributed by atoms with van der Waals surface area (Å²) in [6.07, 6.45) is 0.731. The molecule has 0 aliphatic carbocycles. The Hall–Kier alpha value is -1.49. The number of aromatic nitrogens is 2. The van der Waals surface area contributed by atoms with Crippen molar-refractivity contribution in [1.82, 2.24) is 9.97 Å². The molecule has 0 saturated carbocycles. The first kappa shape index (κ1) is 13.0. The predicted octanol–water partition coefficient (Wildman–Crippen LogP) is 3.50. The number of aryl methyl sites for hydroxylation is 2. The lowest BCUT2D eigenvalue weighted by molar-refractivity contribution is 0.627. The van der Waals surface area contributed by atoms with Crippen molar-refractivity contribution in [3.63, 3.8) is 0 Å². The van der Waals surface area contributed by atoms with Crippen LogP contribution in [0.2, 0.25) is 0 Å². The lowest BCUT2D eigenvalue weighted by Gasteiger charge is -2.09. The Morgan fingerprint density at radius 1 is 1.33 bits per heavy atom. The van der Waals surface area contributed by atoms with Crippen molar-refractivity contribution in [3.8, 4) is 11.4 Å². The van der Waals surface area contributed by atoms with Crippen LogP contribution in [-0.2, 0) is 6.42 Å². The molecule has 2 rings (SSSR count). The van der Waals surface area contributed by atoms with Crippen LogP contribution in [0.25, 0.3) is 11.4 Å². The van der Waals surface area contributed by atoms with Crippen LogP contribution >= 0.6 is 15.9 Å². The third-order valence-corrected chi connectivity index (χ3v) is 3.58. The van der Waals surface area contributed by atoms with Gasteiger partial charge in [0.1, 0.15) is 11.6 Å². The van der Waals surface area contributed by atoms with E-state index < -0.39 is 0 Å². The van der Waals surface area contributed by atoms with Crippen molar-refractivity contribution in [2.45, 2.75) is 20.3 Å². The normalized spacial score (nSPS) is 10.7. The minimum atomic E-state index is -0.307. The van der Waals surface area contributed by atoms with Gasteiger partial charge in [-0.2, -0.15) is 0 Å². The van der Waals surface area contributed by atoms with Crippen LogP contribution in [-0.4, -0.2) is 9.97 Å². The maximum absolute atomic E-state index is 13.3. The number of nitrogens with zero attached hydrogens (tertiary/aromatic N) is 2. The smallest absolute Gasteiger partial charge is 0.162 e. The molecule has 0 spiro atoms. The topological polar surface area (TPSA) is 51.8 Å². The minimum absolute atomic E-state index is 0.307. The summed E-state index contributed by atoms with van der Waals surface area (Å²) in [6, 6.07) is 4.55. The number of halogens is 2. The van der Waals surface area contributed by atoms with Gasteiger partial charge in [0, 0.05) is 5.56 Å². The first-order valence-corrected chi connectivity index (χ1v) is 6.40. The molecule has 2 N–H and O–H groups in total. The van der Waals surface area contributed by atoms with Gasteiger partial charge < -0.3 is 5.73 Å². The molecule has 0 aliphatic heterocycles. The maximum Gasteiger partial charge on any atom is 0.162 e. The fourth-order valence-corrected chi connectivity index (χ4v) is 2.16. The van der Waals surface area contributed by atoms with Gasteiger partial charge in [0.15, 0.2) is 5.82 Å². The molecule has 0 radical (unpaired) electrons. The minimum Gasteiger partial charge on any atom is -0.383 e. The third-order valence-electron chi connectivity index (χ3n) is 2.72. The Bertz CT molecular complexity index is 599. The second kappa shape index (κ2) is 5.02. The van der Waals surface area contributed by atoms with Crippen molar-refractivity contribution >= 4 is 21.7 Å². The van der Waals surface area contributed by atoms with Crippen molar-refractivity contribution in [3.05, 3.63) is 39.7 Å². The molecular weight excluding hydrogens is 297 g/mol. The van der Waals surface area contributed by atoms with E-state index in [1.54, 1.807) is 6.07 Å². The van der Waals surface area contributed by atoms with Crippen LogP contribution in [0.5, 0.6) is 0 Å². The van der Waals surface area contributed by atoms with Crippen molar-refractivity contribution in [2.75, 3.05) is 5.73 Å². The lowest BCUT2D eigenvalue weighted by Crippen LogP contribution is -2.03. The number of rotatable bonds is 2. The highest BCUT2D eigenvalue weighted by Gasteiger charge is 2.12. The van der Waals surface area contributed by atoms with Crippen LogP contribution in [0.4, 0.5) is 10.2 Å². The zero-order valence-corrected chi connectivity index (χ0v) is 11.8. The van der Waals surface area contributed by atoms with E-state index in [4.69, 9.17) is 5.73 Å². The number of anilines is 1. The zero-order chi connectivity index (χ0) is 13.3. The van der Waals surface area contributed by atoms with Crippen LogP contribution in [0.3, 0.4) is 0 Å². The molecule has 0 saturated heterocycles. The van der Waals surface area contributed by atoms with Gasteiger partial charge in [0.2, 0.25) is 0 Å². The van der Waals surface area contributed by atoms with Gasteiger partial charge in [0.05, 0.1) is 10.2 Å². The summed E-state index contributed by atoms with van der Waals surface area (Å²) in [5, 5.41) is 0. The van der Waals surface area contributed by atoms with Gasteiger partial charge in [-0.3, -0.25) is 0 Å². The van der Waals surface area contributed by atoms with E-state index in [1.165, 1.54) is 12.1 Å². The van der Waals surface area contributed by atoms with E-state index in [0.29, 0.717) is 21.7 Å². The van der Waals surface area contributed by atoms with E-state index in [-0.39, 0.29) is 5.82 Å². The Balaban J connectivity index is 2.64. The highest BCUT2D eigenvalue weighted by molar-refractivity contribution is 9.10. The van der Waals surface area contributed by atoms with Gasteiger partial charge in [-0.25, -0.2) is 14.4 Å². The highest BCUT2D eigenvalue weighted by atomic mass is 79.9. The molecule has 94 valence electrons. The fraction of sp³-hybridized carbons (Fsp3) is 0.231. The molecule has 18 heavy (non-hydrogen) atoms. The fourth-order valence-electron chi connectivity index (χ4n) is 1.70. The Morgan fingerprint density at radius 2 is 2.06 bits per heavy atom. The molecule has 5 heteroatoms. The van der Waals surface area contributed by atoms with Crippen molar-refractivity contribution in [1.29, 1.82) is 0 Å². The average molecular weight is 310 g/mol. The Kier molecular flexibility index (Phi) is 3.61. The quantitative estimate of drug-likeness (QED) is 0.923. The van der Waals surface area contributed by atoms with E-state index in [0.717, 1.165) is 17.7 Å². The number of nitrogen functional groups attached to an aromatic ring is 1. The largest absolute Gasteiger partial charge is 0.383 e. The molecule has 1 aromatic heterocycles. The third kappa shape index (κ3) is 2.36. The molecule has 0 atom stereocenters. The summed E-state index contributed by atoms with van der Waals surface area (Å²) < 4.78 is 14.0. The van der Waals surface area contributed by atoms with Gasteiger partial charge in [-0.1, -0.05) is 13.0 Å². The zero-order valence-electron chi connectivity index (χ0n) is 10.2. The first-order valence-electron chi connectivity index (χ1n) is 5.61. The molecule has 1 aromatic carbocycles. The van der Waals surface area contributed by atoms with Gasteiger partial charge in [-0.15, -0.1) is 0 Å². The summed E-state index contributed by atoms with van der Waals surface area (Å²) >= 11 is 3.36. The monoisotopic (exact) mass is 309 g/mol. The number of hydrogen-bond donors (Lipinski definition) is 1. The van der Waals surface area contributed by atoms with Crippen molar-refractivity contribution in [2.24, 2.45) is 0 Å². The predicted molar refractivity (Wildman–Crippen MR) is 73.7 cm³/mol. The van der Waals surface area contributed by atoms with E-state index in [2.05, 4.69) is 25.9 Å². The maximum atomic E-state index is 13.3. The number of benzene rings is 1. The van der Waals surface area contributed by atoms with Gasteiger partial charge >= 0.3 is 0 Å². The number of nitrogens with two attached hydrogens (primary N) is 1. The average Bonchev–Trinajstić information content (AvgIpc) is 2.35. The second-order valence-electron chi connectivity index (χ2n) is 4.01. The van der Waals surface area contributed by atoms with Gasteiger partial charge in [0.25, 0.3) is 0 Å². The molecule has 2 aromatic rings. The summed E-state index contributed by atoms with van der Waals surface area (Å²) in [4.78, 5) is 8.63. The Morgan fingerprint density at radius 3 is 2.72 bits per heavy atom. The standard InChI is InChI=1S/C13H13BrFN3/c1-3-10-11(14)12(16)18-13(17-10)9-6-8(15)5-4-7(9)2/h4-6H,3H2,1-2H3,(H2,16,17,18). The van der Waals surface area contributed by atoms with E-state index >= 15 is 0 Å². The van der Waals surface area contributed by atoms with Crippen LogP contribution in [0, 0.1) is 12.7 Å². The molecule has 1 heterocycles. The van der Waals surface area contributed by atoms with Gasteiger partial charge in [-0.05, 0) is 47.0 Å². The molecule has 0 fully saturated rings. The SMILES string of the molecule is CCc1nc(-c2cc(F)ccc2C)nc(N)c1Br. The summed E-state index contributed by atoms with van der Waals surface area (Å²) in [7, 11) is 0. The van der Waals surface area contributed by atoms with E-state index in [1.807, 2.05) is 13.8 Å². The molecular formula is C13H13BrFN3. The Labute approximate surface area is 113 Å². The summed E-state index contributed by atoms with van der Waals surface area (Å²) in [6.45, 7) is 3.87. The molecule has 0 aliphatic rings. The van der Waals surface area contributed by atoms with Crippen LogP contribution < -0.4 is 5.73 Å². The summed E-state index contributed by atoms with van der Waals surface area (Å²) in [5.41, 5.74) is 8.24. The highest BCUT2D eigenvalue weighted by Crippen LogP contribution is 2.27. The molecule has 3 nitrogen and oxygen atoms in total. The van der Waals surface area contributed by atoms with Crippen molar-refractivity contribution < 1.29 is 4.39 Å².